The maximum atomic E-state index is 12.5. The molecule has 2 atom stereocenters. The summed E-state index contributed by atoms with van der Waals surface area (Å²) in [6, 6.07) is 7.50. The summed E-state index contributed by atoms with van der Waals surface area (Å²) in [6.45, 7) is 3.76. The molecule has 2 rings (SSSR count). The molecule has 1 amide bonds. The van der Waals surface area contributed by atoms with E-state index in [9.17, 15) is 4.79 Å². The van der Waals surface area contributed by atoms with Crippen LogP contribution in [0.2, 0.25) is 5.02 Å². The van der Waals surface area contributed by atoms with Crippen molar-refractivity contribution in [2.45, 2.75) is 31.9 Å². The molecule has 1 fully saturated rings. The fraction of sp³-hybridized carbons (Fsp3) is 0.533. The second-order valence-corrected chi connectivity index (χ2v) is 5.45. The number of carbonyl (C=O) groups is 1. The topological polar surface area (TPSA) is 41.6 Å². The molecule has 1 saturated heterocycles. The molecule has 0 saturated carbocycles. The molecule has 1 aromatic carbocycles. The van der Waals surface area contributed by atoms with E-state index in [0.29, 0.717) is 17.2 Å². The lowest BCUT2D eigenvalue weighted by Gasteiger charge is -2.28. The Morgan fingerprint density at radius 3 is 2.81 bits per heavy atom. The van der Waals surface area contributed by atoms with E-state index in [1.54, 1.807) is 17.0 Å². The number of hydrogen-bond acceptors (Lipinski definition) is 3. The van der Waals surface area contributed by atoms with Gasteiger partial charge >= 0.3 is 0 Å². The molecule has 4 nitrogen and oxygen atoms in total. The number of carbonyl (C=O) groups excluding carboxylic acids is 1. The fourth-order valence-corrected chi connectivity index (χ4v) is 2.56. The lowest BCUT2D eigenvalue weighted by Crippen LogP contribution is -2.45. The SMILES string of the molecule is CCC(Oc1ccccc1Cl)C(=O)N(C)C1CCNC1.Cl. The van der Waals surface area contributed by atoms with Gasteiger partial charge in [-0.25, -0.2) is 0 Å². The van der Waals surface area contributed by atoms with Crippen molar-refractivity contribution in [2.24, 2.45) is 0 Å². The minimum atomic E-state index is -0.486. The van der Waals surface area contributed by atoms with E-state index < -0.39 is 6.10 Å². The molecule has 0 spiro atoms. The number of para-hydroxylation sites is 1. The molecular formula is C15H22Cl2N2O2. The third kappa shape index (κ3) is 4.50. The van der Waals surface area contributed by atoms with Crippen LogP contribution in [0, 0.1) is 0 Å². The number of halogens is 2. The Labute approximate surface area is 137 Å². The minimum Gasteiger partial charge on any atom is -0.479 e. The molecule has 0 bridgehead atoms. The van der Waals surface area contributed by atoms with Crippen molar-refractivity contribution < 1.29 is 9.53 Å². The highest BCUT2D eigenvalue weighted by atomic mass is 35.5. The van der Waals surface area contributed by atoms with Gasteiger partial charge in [-0.3, -0.25) is 4.79 Å². The van der Waals surface area contributed by atoms with Crippen LogP contribution in [-0.4, -0.2) is 43.1 Å². The largest absolute Gasteiger partial charge is 0.479 e. The van der Waals surface area contributed by atoms with Gasteiger partial charge in [0.05, 0.1) is 5.02 Å². The molecule has 6 heteroatoms. The zero-order valence-electron chi connectivity index (χ0n) is 12.3. The monoisotopic (exact) mass is 332 g/mol. The van der Waals surface area contributed by atoms with Gasteiger partial charge in [0.1, 0.15) is 5.75 Å². The Hall–Kier alpha value is -0.970. The summed E-state index contributed by atoms with van der Waals surface area (Å²) in [5.41, 5.74) is 0. The molecular weight excluding hydrogens is 311 g/mol. The van der Waals surface area contributed by atoms with E-state index in [4.69, 9.17) is 16.3 Å². The summed E-state index contributed by atoms with van der Waals surface area (Å²) in [7, 11) is 1.85. The quantitative estimate of drug-likeness (QED) is 0.901. The van der Waals surface area contributed by atoms with E-state index in [-0.39, 0.29) is 24.4 Å². The average Bonchev–Trinajstić information content (AvgIpc) is 2.99. The van der Waals surface area contributed by atoms with Gasteiger partial charge in [-0.2, -0.15) is 0 Å². The molecule has 0 aromatic heterocycles. The van der Waals surface area contributed by atoms with Gasteiger partial charge in [-0.15, -0.1) is 12.4 Å². The molecule has 0 radical (unpaired) electrons. The van der Waals surface area contributed by atoms with Gasteiger partial charge in [0, 0.05) is 19.6 Å². The number of nitrogens with zero attached hydrogens (tertiary/aromatic N) is 1. The van der Waals surface area contributed by atoms with Crippen molar-refractivity contribution in [3.63, 3.8) is 0 Å². The highest BCUT2D eigenvalue weighted by Gasteiger charge is 2.29. The van der Waals surface area contributed by atoms with Crippen LogP contribution >= 0.6 is 24.0 Å². The smallest absolute Gasteiger partial charge is 0.263 e. The van der Waals surface area contributed by atoms with Crippen LogP contribution in [0.1, 0.15) is 19.8 Å². The van der Waals surface area contributed by atoms with Crippen molar-refractivity contribution >= 4 is 29.9 Å². The van der Waals surface area contributed by atoms with Crippen molar-refractivity contribution in [1.29, 1.82) is 0 Å². The Balaban J connectivity index is 0.00000220. The van der Waals surface area contributed by atoms with E-state index in [2.05, 4.69) is 5.32 Å². The molecule has 0 aliphatic carbocycles. The molecule has 1 aromatic rings. The third-order valence-electron chi connectivity index (χ3n) is 3.68. The average molecular weight is 333 g/mol. The van der Waals surface area contributed by atoms with E-state index in [1.807, 2.05) is 26.1 Å². The Kier molecular flexibility index (Phi) is 7.29. The second kappa shape index (κ2) is 8.47. The first-order valence-corrected chi connectivity index (χ1v) is 7.39. The lowest BCUT2D eigenvalue weighted by atomic mass is 10.2. The molecule has 118 valence electrons. The van der Waals surface area contributed by atoms with Crippen LogP contribution in [0.4, 0.5) is 0 Å². The Morgan fingerprint density at radius 1 is 1.52 bits per heavy atom. The highest BCUT2D eigenvalue weighted by Crippen LogP contribution is 2.25. The number of ether oxygens (including phenoxy) is 1. The second-order valence-electron chi connectivity index (χ2n) is 5.04. The number of rotatable bonds is 5. The Bertz CT molecular complexity index is 465. The van der Waals surface area contributed by atoms with Crippen molar-refractivity contribution in [3.05, 3.63) is 29.3 Å². The summed E-state index contributed by atoms with van der Waals surface area (Å²) in [6.07, 6.45) is 1.12. The predicted octanol–water partition coefficient (Wildman–Crippen LogP) is 2.74. The van der Waals surface area contributed by atoms with Crippen LogP contribution in [0.15, 0.2) is 24.3 Å². The molecule has 1 aliphatic heterocycles. The molecule has 2 unspecified atom stereocenters. The van der Waals surface area contributed by atoms with Crippen molar-refractivity contribution in [2.75, 3.05) is 20.1 Å². The van der Waals surface area contributed by atoms with Gasteiger partial charge in [-0.05, 0) is 31.5 Å². The zero-order chi connectivity index (χ0) is 14.5. The van der Waals surface area contributed by atoms with Crippen LogP contribution in [0.3, 0.4) is 0 Å². The van der Waals surface area contributed by atoms with Gasteiger partial charge in [0.15, 0.2) is 6.10 Å². The van der Waals surface area contributed by atoms with Crippen LogP contribution in [0.25, 0.3) is 0 Å². The number of benzene rings is 1. The summed E-state index contributed by atoms with van der Waals surface area (Å²) < 4.78 is 5.79. The fourth-order valence-electron chi connectivity index (χ4n) is 2.38. The first-order valence-electron chi connectivity index (χ1n) is 7.02. The highest BCUT2D eigenvalue weighted by molar-refractivity contribution is 6.32. The standard InChI is InChI=1S/C15H21ClN2O2.ClH/c1-3-13(20-14-7-5-4-6-12(14)16)15(19)18(2)11-8-9-17-10-11;/h4-7,11,13,17H,3,8-10H2,1-2H3;1H. The van der Waals surface area contributed by atoms with E-state index in [0.717, 1.165) is 19.5 Å². The van der Waals surface area contributed by atoms with E-state index in [1.165, 1.54) is 0 Å². The van der Waals surface area contributed by atoms with Gasteiger partial charge < -0.3 is 15.0 Å². The molecule has 1 N–H and O–H groups in total. The van der Waals surface area contributed by atoms with Gasteiger partial charge in [0.25, 0.3) is 5.91 Å². The number of likely N-dealkylation sites (N-methyl/N-ethyl adjacent to an activating group) is 1. The summed E-state index contributed by atoms with van der Waals surface area (Å²) in [5.74, 6) is 0.577. The maximum absolute atomic E-state index is 12.5. The summed E-state index contributed by atoms with van der Waals surface area (Å²) in [4.78, 5) is 14.3. The van der Waals surface area contributed by atoms with Gasteiger partial charge in [-0.1, -0.05) is 30.7 Å². The first kappa shape index (κ1) is 18.1. The van der Waals surface area contributed by atoms with Crippen LogP contribution < -0.4 is 10.1 Å². The Morgan fingerprint density at radius 2 is 2.24 bits per heavy atom. The minimum absolute atomic E-state index is 0. The summed E-state index contributed by atoms with van der Waals surface area (Å²) >= 11 is 6.08. The molecule has 1 heterocycles. The molecule has 1 aliphatic rings. The lowest BCUT2D eigenvalue weighted by molar-refractivity contribution is -0.139. The predicted molar refractivity (Wildman–Crippen MR) is 87.5 cm³/mol. The van der Waals surface area contributed by atoms with Crippen molar-refractivity contribution in [3.8, 4) is 5.75 Å². The summed E-state index contributed by atoms with van der Waals surface area (Å²) in [5, 5.41) is 3.80. The van der Waals surface area contributed by atoms with Crippen LogP contribution in [0.5, 0.6) is 5.75 Å². The number of amides is 1. The zero-order valence-corrected chi connectivity index (χ0v) is 13.9. The third-order valence-corrected chi connectivity index (χ3v) is 3.99. The van der Waals surface area contributed by atoms with E-state index >= 15 is 0 Å². The first-order chi connectivity index (χ1) is 9.63. The maximum Gasteiger partial charge on any atom is 0.263 e. The molecule has 21 heavy (non-hydrogen) atoms. The normalized spacial score (nSPS) is 18.7. The van der Waals surface area contributed by atoms with Gasteiger partial charge in [0.2, 0.25) is 0 Å². The number of hydrogen-bond donors (Lipinski definition) is 1. The van der Waals surface area contributed by atoms with Crippen molar-refractivity contribution in [1.82, 2.24) is 10.2 Å². The van der Waals surface area contributed by atoms with Crippen LogP contribution in [-0.2, 0) is 4.79 Å². The number of nitrogens with one attached hydrogen (secondary N) is 1.